The third-order valence-corrected chi connectivity index (χ3v) is 4.91. The smallest absolute Gasteiger partial charge is 0.404 e. The van der Waals surface area contributed by atoms with Crippen LogP contribution in [0.2, 0.25) is 0 Å². The largest absolute Gasteiger partial charge is 0.573 e. The van der Waals surface area contributed by atoms with Gasteiger partial charge in [-0.15, -0.1) is 13.2 Å². The van der Waals surface area contributed by atoms with Crippen LogP contribution >= 0.6 is 12.2 Å². The van der Waals surface area contributed by atoms with E-state index in [1.807, 2.05) is 6.07 Å². The van der Waals surface area contributed by atoms with E-state index in [-0.39, 0.29) is 10.8 Å². The van der Waals surface area contributed by atoms with Gasteiger partial charge in [0.25, 0.3) is 0 Å². The van der Waals surface area contributed by atoms with Crippen LogP contribution in [0.1, 0.15) is 0 Å². The Bertz CT molecular complexity index is 1190. The van der Waals surface area contributed by atoms with Gasteiger partial charge in [-0.1, -0.05) is 6.07 Å². The van der Waals surface area contributed by atoms with E-state index in [4.69, 9.17) is 17.4 Å². The number of aromatic nitrogens is 2. The Morgan fingerprint density at radius 2 is 1.90 bits per heavy atom. The summed E-state index contributed by atoms with van der Waals surface area (Å²) >= 11 is 5.16. The monoisotopic (exact) mass is 445 g/mol. The predicted octanol–water partition coefficient (Wildman–Crippen LogP) is 2.93. The molecule has 4 N–H and O–H groups in total. The molecule has 0 unspecified atom stereocenters. The second-order valence-corrected chi connectivity index (χ2v) is 7.81. The van der Waals surface area contributed by atoms with Crippen LogP contribution in [-0.4, -0.2) is 29.7 Å². The van der Waals surface area contributed by atoms with Crippen LogP contribution in [0.4, 0.5) is 24.5 Å². The number of aryl methyl sites for hydroxylation is 1. The van der Waals surface area contributed by atoms with E-state index in [1.165, 1.54) is 0 Å². The van der Waals surface area contributed by atoms with E-state index in [2.05, 4.69) is 20.5 Å². The van der Waals surface area contributed by atoms with Crippen molar-refractivity contribution in [1.82, 2.24) is 9.78 Å². The van der Waals surface area contributed by atoms with Gasteiger partial charge in [-0.2, -0.15) is 5.10 Å². The third-order valence-electron chi connectivity index (χ3n) is 3.79. The van der Waals surface area contributed by atoms with Gasteiger partial charge in [0.2, 0.25) is 10.0 Å². The fourth-order valence-electron chi connectivity index (χ4n) is 2.56. The summed E-state index contributed by atoms with van der Waals surface area (Å²) in [6.45, 7) is 0. The SMILES string of the molecule is Cn1ncc2c(NC(=S)Nc3cc(S(N)(=O)=O)ccc3OC(F)(F)F)cccc21. The molecule has 0 aliphatic heterocycles. The van der Waals surface area contributed by atoms with Gasteiger partial charge < -0.3 is 15.4 Å². The van der Waals surface area contributed by atoms with Crippen molar-refractivity contribution in [2.45, 2.75) is 11.3 Å². The number of nitrogens with two attached hydrogens (primary N) is 1. The van der Waals surface area contributed by atoms with Crippen LogP contribution in [0.5, 0.6) is 5.75 Å². The fourth-order valence-corrected chi connectivity index (χ4v) is 3.32. The molecular weight excluding hydrogens is 431 g/mol. The van der Waals surface area contributed by atoms with E-state index < -0.39 is 27.0 Å². The molecular formula is C16H14F3N5O3S2. The molecule has 0 atom stereocenters. The summed E-state index contributed by atoms with van der Waals surface area (Å²) in [6, 6.07) is 7.90. The summed E-state index contributed by atoms with van der Waals surface area (Å²) in [5.41, 5.74) is 1.02. The first-order valence-corrected chi connectivity index (χ1v) is 9.81. The molecule has 0 spiro atoms. The topological polar surface area (TPSA) is 111 Å². The van der Waals surface area contributed by atoms with Crippen molar-refractivity contribution in [2.24, 2.45) is 12.2 Å². The van der Waals surface area contributed by atoms with Crippen molar-refractivity contribution in [3.63, 3.8) is 0 Å². The minimum atomic E-state index is -4.99. The lowest BCUT2D eigenvalue weighted by Gasteiger charge is -2.17. The molecule has 0 aliphatic rings. The van der Waals surface area contributed by atoms with Gasteiger partial charge in [0.1, 0.15) is 0 Å². The van der Waals surface area contributed by atoms with Gasteiger partial charge >= 0.3 is 6.36 Å². The normalized spacial score (nSPS) is 12.0. The molecule has 0 saturated carbocycles. The minimum absolute atomic E-state index is 0.0973. The van der Waals surface area contributed by atoms with E-state index in [1.54, 1.807) is 30.1 Å². The molecule has 2 aromatic carbocycles. The van der Waals surface area contributed by atoms with Gasteiger partial charge in [-0.25, -0.2) is 13.6 Å². The average molecular weight is 445 g/mol. The molecule has 0 radical (unpaired) electrons. The number of anilines is 2. The third kappa shape index (κ3) is 4.93. The summed E-state index contributed by atoms with van der Waals surface area (Å²) < 4.78 is 66.6. The maximum atomic E-state index is 12.7. The van der Waals surface area contributed by atoms with Crippen molar-refractivity contribution in [3.8, 4) is 5.75 Å². The van der Waals surface area contributed by atoms with Crippen LogP contribution in [0.15, 0.2) is 47.5 Å². The Labute approximate surface area is 168 Å². The number of rotatable bonds is 4. The first-order chi connectivity index (χ1) is 13.4. The zero-order valence-electron chi connectivity index (χ0n) is 14.7. The molecule has 13 heteroatoms. The Hall–Kier alpha value is -2.90. The molecule has 3 rings (SSSR count). The van der Waals surface area contributed by atoms with Crippen LogP contribution in [0, 0.1) is 0 Å². The molecule has 0 aliphatic carbocycles. The number of primary sulfonamides is 1. The van der Waals surface area contributed by atoms with Crippen molar-refractivity contribution < 1.29 is 26.3 Å². The number of thiocarbonyl (C=S) groups is 1. The van der Waals surface area contributed by atoms with Crippen LogP contribution < -0.4 is 20.5 Å². The number of hydrogen-bond donors (Lipinski definition) is 3. The highest BCUT2D eigenvalue weighted by Crippen LogP contribution is 2.32. The van der Waals surface area contributed by atoms with Gasteiger partial charge in [-0.05, 0) is 42.5 Å². The van der Waals surface area contributed by atoms with Gasteiger partial charge in [0, 0.05) is 12.4 Å². The van der Waals surface area contributed by atoms with E-state index >= 15 is 0 Å². The van der Waals surface area contributed by atoms with Crippen LogP contribution in [-0.2, 0) is 17.1 Å². The Morgan fingerprint density at radius 3 is 2.55 bits per heavy atom. The van der Waals surface area contributed by atoms with Crippen LogP contribution in [0.3, 0.4) is 0 Å². The zero-order valence-corrected chi connectivity index (χ0v) is 16.3. The average Bonchev–Trinajstić information content (AvgIpc) is 2.97. The number of halogens is 3. The lowest BCUT2D eigenvalue weighted by molar-refractivity contribution is -0.274. The highest BCUT2D eigenvalue weighted by Gasteiger charge is 2.32. The summed E-state index contributed by atoms with van der Waals surface area (Å²) in [5, 5.41) is 15.2. The second-order valence-electron chi connectivity index (χ2n) is 5.84. The molecule has 0 bridgehead atoms. The summed E-state index contributed by atoms with van der Waals surface area (Å²) in [5.74, 6) is -0.673. The number of ether oxygens (including phenoxy) is 1. The lowest BCUT2D eigenvalue weighted by Crippen LogP contribution is -2.23. The Kier molecular flexibility index (Phi) is 5.38. The van der Waals surface area contributed by atoms with Crippen LogP contribution in [0.25, 0.3) is 10.9 Å². The molecule has 0 amide bonds. The molecule has 0 fully saturated rings. The quantitative estimate of drug-likeness (QED) is 0.530. The lowest BCUT2D eigenvalue weighted by atomic mass is 10.2. The van der Waals surface area contributed by atoms with E-state index in [0.29, 0.717) is 5.69 Å². The van der Waals surface area contributed by atoms with Crippen molar-refractivity contribution in [1.29, 1.82) is 0 Å². The molecule has 3 aromatic rings. The number of sulfonamides is 1. The van der Waals surface area contributed by atoms with Crippen molar-refractivity contribution >= 4 is 49.6 Å². The summed E-state index contributed by atoms with van der Waals surface area (Å²) in [4.78, 5) is -0.410. The zero-order chi connectivity index (χ0) is 21.4. The minimum Gasteiger partial charge on any atom is -0.404 e. The second kappa shape index (κ2) is 7.50. The highest BCUT2D eigenvalue weighted by atomic mass is 32.2. The fraction of sp³-hybridized carbons (Fsp3) is 0.125. The molecule has 8 nitrogen and oxygen atoms in total. The number of benzene rings is 2. The molecule has 29 heavy (non-hydrogen) atoms. The standard InChI is InChI=1S/C16H14F3N5O3S2/c1-24-13-4-2-3-11(10(13)8-21-24)22-15(28)23-12-7-9(29(20,25)26)5-6-14(12)27-16(17,18)19/h2-8H,1H3,(H2,20,25,26)(H2,22,23,28). The molecule has 0 saturated heterocycles. The number of nitrogens with zero attached hydrogens (tertiary/aromatic N) is 2. The van der Waals surface area contributed by atoms with Gasteiger partial charge in [0.05, 0.1) is 28.0 Å². The van der Waals surface area contributed by atoms with Gasteiger partial charge in [-0.3, -0.25) is 4.68 Å². The number of alkyl halides is 3. The first kappa shape index (κ1) is 20.8. The molecule has 1 aromatic heterocycles. The molecule has 154 valence electrons. The Morgan fingerprint density at radius 1 is 1.21 bits per heavy atom. The number of fused-ring (bicyclic) bond motifs is 1. The number of nitrogens with one attached hydrogen (secondary N) is 2. The maximum absolute atomic E-state index is 12.7. The summed E-state index contributed by atoms with van der Waals surface area (Å²) in [7, 11) is -2.41. The Balaban J connectivity index is 1.91. The van der Waals surface area contributed by atoms with Crippen molar-refractivity contribution in [3.05, 3.63) is 42.6 Å². The van der Waals surface area contributed by atoms with Gasteiger partial charge in [0.15, 0.2) is 10.9 Å². The first-order valence-electron chi connectivity index (χ1n) is 7.85. The van der Waals surface area contributed by atoms with E-state index in [0.717, 1.165) is 29.1 Å². The maximum Gasteiger partial charge on any atom is 0.573 e. The molecule has 1 heterocycles. The highest BCUT2D eigenvalue weighted by molar-refractivity contribution is 7.89. The van der Waals surface area contributed by atoms with Crippen molar-refractivity contribution in [2.75, 3.05) is 10.6 Å². The van der Waals surface area contributed by atoms with E-state index in [9.17, 15) is 21.6 Å². The number of hydrogen-bond acceptors (Lipinski definition) is 5. The summed E-state index contributed by atoms with van der Waals surface area (Å²) in [6.07, 6.45) is -3.39. The predicted molar refractivity (Wildman–Crippen MR) is 105 cm³/mol.